The average Bonchev–Trinajstić information content (AvgIpc) is 2.29. The zero-order chi connectivity index (χ0) is 12.0. The maximum Gasteiger partial charge on any atom is 0.159 e. The SMILES string of the molecule is CCCCOc1ccc(C(C)=O)cc1N=O. The number of nitroso groups, excluding NO2 is 1. The van der Waals surface area contributed by atoms with Crippen LogP contribution in [0.2, 0.25) is 0 Å². The summed E-state index contributed by atoms with van der Waals surface area (Å²) in [5.41, 5.74) is 0.654. The molecule has 0 saturated heterocycles. The number of hydrogen-bond acceptors (Lipinski definition) is 4. The second-order valence-corrected chi connectivity index (χ2v) is 3.53. The molecule has 16 heavy (non-hydrogen) atoms. The van der Waals surface area contributed by atoms with Crippen LogP contribution < -0.4 is 4.74 Å². The highest BCUT2D eigenvalue weighted by molar-refractivity contribution is 5.95. The maximum absolute atomic E-state index is 11.1. The van der Waals surface area contributed by atoms with Crippen LogP contribution in [-0.2, 0) is 0 Å². The molecule has 0 atom stereocenters. The zero-order valence-corrected chi connectivity index (χ0v) is 9.53. The number of ether oxygens (including phenoxy) is 1. The van der Waals surface area contributed by atoms with E-state index in [2.05, 4.69) is 12.1 Å². The van der Waals surface area contributed by atoms with E-state index in [1.165, 1.54) is 13.0 Å². The van der Waals surface area contributed by atoms with Crippen molar-refractivity contribution in [3.63, 3.8) is 0 Å². The van der Waals surface area contributed by atoms with Gasteiger partial charge in [0.15, 0.2) is 11.5 Å². The Morgan fingerprint density at radius 1 is 1.44 bits per heavy atom. The van der Waals surface area contributed by atoms with Crippen molar-refractivity contribution in [1.29, 1.82) is 0 Å². The van der Waals surface area contributed by atoms with Gasteiger partial charge in [-0.25, -0.2) is 0 Å². The van der Waals surface area contributed by atoms with Gasteiger partial charge in [0.05, 0.1) is 6.61 Å². The van der Waals surface area contributed by atoms with Gasteiger partial charge in [-0.3, -0.25) is 4.79 Å². The fourth-order valence-corrected chi connectivity index (χ4v) is 1.26. The summed E-state index contributed by atoms with van der Waals surface area (Å²) in [6.07, 6.45) is 1.95. The van der Waals surface area contributed by atoms with Crippen LogP contribution in [0.1, 0.15) is 37.0 Å². The molecular formula is C12H15NO3. The lowest BCUT2D eigenvalue weighted by Gasteiger charge is -2.07. The molecular weight excluding hydrogens is 206 g/mol. The highest BCUT2D eigenvalue weighted by Gasteiger charge is 2.08. The molecule has 0 aliphatic carbocycles. The van der Waals surface area contributed by atoms with Crippen molar-refractivity contribution in [2.45, 2.75) is 26.7 Å². The van der Waals surface area contributed by atoms with Gasteiger partial charge in [-0.1, -0.05) is 13.3 Å². The van der Waals surface area contributed by atoms with E-state index in [-0.39, 0.29) is 11.5 Å². The second-order valence-electron chi connectivity index (χ2n) is 3.53. The third kappa shape index (κ3) is 3.15. The fraction of sp³-hybridized carbons (Fsp3) is 0.417. The predicted molar refractivity (Wildman–Crippen MR) is 62.3 cm³/mol. The summed E-state index contributed by atoms with van der Waals surface area (Å²) in [7, 11) is 0. The van der Waals surface area contributed by atoms with Gasteiger partial charge in [0.2, 0.25) is 0 Å². The molecule has 0 aliphatic rings. The van der Waals surface area contributed by atoms with E-state index in [0.29, 0.717) is 17.9 Å². The normalized spacial score (nSPS) is 9.88. The number of carbonyl (C=O) groups excluding carboxylic acids is 1. The first-order valence-electron chi connectivity index (χ1n) is 5.30. The van der Waals surface area contributed by atoms with E-state index in [9.17, 15) is 9.70 Å². The molecule has 0 radical (unpaired) electrons. The van der Waals surface area contributed by atoms with Crippen LogP contribution in [-0.4, -0.2) is 12.4 Å². The Hall–Kier alpha value is -1.71. The van der Waals surface area contributed by atoms with Gasteiger partial charge in [-0.2, -0.15) is 0 Å². The molecule has 0 bridgehead atoms. The Morgan fingerprint density at radius 3 is 2.75 bits per heavy atom. The minimum Gasteiger partial charge on any atom is -0.491 e. The number of rotatable bonds is 6. The van der Waals surface area contributed by atoms with Crippen LogP contribution in [0.15, 0.2) is 23.4 Å². The van der Waals surface area contributed by atoms with Crippen LogP contribution in [0, 0.1) is 4.91 Å². The number of nitrogens with zero attached hydrogens (tertiary/aromatic N) is 1. The average molecular weight is 221 g/mol. The molecule has 1 aromatic rings. The van der Waals surface area contributed by atoms with E-state index in [1.807, 2.05) is 0 Å². The van der Waals surface area contributed by atoms with Crippen LogP contribution in [0.3, 0.4) is 0 Å². The Bertz CT molecular complexity index is 388. The zero-order valence-electron chi connectivity index (χ0n) is 9.53. The number of unbranched alkanes of at least 4 members (excludes halogenated alkanes) is 1. The lowest BCUT2D eigenvalue weighted by Crippen LogP contribution is -1.98. The molecule has 0 aliphatic heterocycles. The highest BCUT2D eigenvalue weighted by Crippen LogP contribution is 2.28. The summed E-state index contributed by atoms with van der Waals surface area (Å²) >= 11 is 0. The molecule has 1 aromatic carbocycles. The Labute approximate surface area is 94.6 Å². The van der Waals surface area contributed by atoms with Crippen molar-refractivity contribution in [2.24, 2.45) is 5.18 Å². The van der Waals surface area contributed by atoms with E-state index < -0.39 is 0 Å². The van der Waals surface area contributed by atoms with Crippen LogP contribution in [0.4, 0.5) is 5.69 Å². The Balaban J connectivity index is 2.84. The van der Waals surface area contributed by atoms with Gasteiger partial charge in [0, 0.05) is 5.56 Å². The minimum absolute atomic E-state index is 0.0926. The van der Waals surface area contributed by atoms with Gasteiger partial charge in [-0.15, -0.1) is 4.91 Å². The third-order valence-electron chi connectivity index (χ3n) is 2.22. The topological polar surface area (TPSA) is 55.7 Å². The Morgan fingerprint density at radius 2 is 2.19 bits per heavy atom. The van der Waals surface area contributed by atoms with Crippen molar-refractivity contribution in [3.05, 3.63) is 28.7 Å². The van der Waals surface area contributed by atoms with E-state index in [1.54, 1.807) is 12.1 Å². The van der Waals surface area contributed by atoms with Gasteiger partial charge >= 0.3 is 0 Å². The molecule has 4 nitrogen and oxygen atoms in total. The number of carbonyl (C=O) groups is 1. The number of ketones is 1. The summed E-state index contributed by atoms with van der Waals surface area (Å²) < 4.78 is 5.40. The molecule has 0 aromatic heterocycles. The van der Waals surface area contributed by atoms with E-state index >= 15 is 0 Å². The van der Waals surface area contributed by atoms with Crippen LogP contribution >= 0.6 is 0 Å². The van der Waals surface area contributed by atoms with Gasteiger partial charge < -0.3 is 4.74 Å². The molecule has 86 valence electrons. The lowest BCUT2D eigenvalue weighted by atomic mass is 10.1. The quantitative estimate of drug-likeness (QED) is 0.420. The predicted octanol–water partition coefficient (Wildman–Crippen LogP) is 3.47. The van der Waals surface area contributed by atoms with Crippen LogP contribution in [0.25, 0.3) is 0 Å². The Kier molecular flexibility index (Phi) is 4.64. The van der Waals surface area contributed by atoms with Crippen molar-refractivity contribution >= 4 is 11.5 Å². The third-order valence-corrected chi connectivity index (χ3v) is 2.22. The summed E-state index contributed by atoms with van der Waals surface area (Å²) in [6, 6.07) is 4.71. The number of benzene rings is 1. The molecule has 0 fully saturated rings. The monoisotopic (exact) mass is 221 g/mol. The van der Waals surface area contributed by atoms with Crippen molar-refractivity contribution < 1.29 is 9.53 Å². The first-order chi connectivity index (χ1) is 7.69. The second kappa shape index (κ2) is 6.00. The summed E-state index contributed by atoms with van der Waals surface area (Å²) in [6.45, 7) is 4.06. The highest BCUT2D eigenvalue weighted by atomic mass is 16.5. The van der Waals surface area contributed by atoms with Gasteiger partial charge in [0.25, 0.3) is 0 Å². The van der Waals surface area contributed by atoms with Crippen molar-refractivity contribution in [3.8, 4) is 5.75 Å². The molecule has 0 N–H and O–H groups in total. The molecule has 0 amide bonds. The summed E-state index contributed by atoms with van der Waals surface area (Å²) in [4.78, 5) is 21.7. The number of Topliss-reactive ketones (excluding diaryl/α,β-unsaturated/α-hetero) is 1. The molecule has 4 heteroatoms. The van der Waals surface area contributed by atoms with E-state index in [0.717, 1.165) is 12.8 Å². The lowest BCUT2D eigenvalue weighted by molar-refractivity contribution is 0.101. The standard InChI is InChI=1S/C12H15NO3/c1-3-4-7-16-12-6-5-10(9(2)14)8-11(12)13-15/h5-6,8H,3-4,7H2,1-2H3. The fourth-order valence-electron chi connectivity index (χ4n) is 1.26. The largest absolute Gasteiger partial charge is 0.491 e. The smallest absolute Gasteiger partial charge is 0.159 e. The molecule has 0 heterocycles. The molecule has 0 spiro atoms. The summed E-state index contributed by atoms with van der Waals surface area (Å²) in [5, 5.41) is 2.87. The maximum atomic E-state index is 11.1. The van der Waals surface area contributed by atoms with Crippen LogP contribution in [0.5, 0.6) is 5.75 Å². The molecule has 1 rings (SSSR count). The number of hydrogen-bond donors (Lipinski definition) is 0. The summed E-state index contributed by atoms with van der Waals surface area (Å²) in [5.74, 6) is 0.346. The van der Waals surface area contributed by atoms with Gasteiger partial charge in [-0.05, 0) is 36.7 Å². The van der Waals surface area contributed by atoms with E-state index in [4.69, 9.17) is 4.74 Å². The first kappa shape index (κ1) is 12.4. The van der Waals surface area contributed by atoms with Crippen molar-refractivity contribution in [1.82, 2.24) is 0 Å². The van der Waals surface area contributed by atoms with Gasteiger partial charge in [0.1, 0.15) is 5.75 Å². The molecule has 0 saturated carbocycles. The minimum atomic E-state index is -0.0926. The molecule has 0 unspecified atom stereocenters. The first-order valence-corrected chi connectivity index (χ1v) is 5.30. The van der Waals surface area contributed by atoms with Crippen molar-refractivity contribution in [2.75, 3.05) is 6.61 Å².